The van der Waals surface area contributed by atoms with Gasteiger partial charge >= 0.3 is 0 Å². The Morgan fingerprint density at radius 3 is 3.00 bits per heavy atom. The highest BCUT2D eigenvalue weighted by atomic mass is 16.5. The Morgan fingerprint density at radius 2 is 2.33 bits per heavy atom. The molecule has 0 aliphatic heterocycles. The van der Waals surface area contributed by atoms with E-state index in [1.165, 1.54) is 0 Å². The molecule has 0 saturated heterocycles. The van der Waals surface area contributed by atoms with Gasteiger partial charge in [0.2, 0.25) is 5.95 Å². The molecule has 0 aliphatic rings. The lowest BCUT2D eigenvalue weighted by Gasteiger charge is -2.12. The fourth-order valence-corrected chi connectivity index (χ4v) is 1.24. The zero-order valence-corrected chi connectivity index (χ0v) is 9.73. The number of rotatable bonds is 7. The van der Waals surface area contributed by atoms with Crippen molar-refractivity contribution in [3.8, 4) is 0 Å². The molecule has 1 rings (SSSR count). The van der Waals surface area contributed by atoms with E-state index in [9.17, 15) is 0 Å². The lowest BCUT2D eigenvalue weighted by molar-refractivity contribution is 0.187. The maximum atomic E-state index is 5.03. The molecule has 15 heavy (non-hydrogen) atoms. The lowest BCUT2D eigenvalue weighted by atomic mass is 10.5. The predicted molar refractivity (Wildman–Crippen MR) is 61.1 cm³/mol. The third kappa shape index (κ3) is 4.31. The maximum absolute atomic E-state index is 5.03. The molecule has 0 spiro atoms. The molecule has 0 aliphatic carbocycles. The average molecular weight is 212 g/mol. The summed E-state index contributed by atoms with van der Waals surface area (Å²) >= 11 is 0. The molecule has 0 amide bonds. The third-order valence-corrected chi connectivity index (χ3v) is 2.09. The Kier molecular flexibility index (Phi) is 5.14. The number of hydrogen-bond acceptors (Lipinski definition) is 4. The summed E-state index contributed by atoms with van der Waals surface area (Å²) < 4.78 is 7.08. The molecule has 5 heteroatoms. The summed E-state index contributed by atoms with van der Waals surface area (Å²) in [5.41, 5.74) is 0. The molecule has 0 atom stereocenters. The lowest BCUT2D eigenvalue weighted by Crippen LogP contribution is -2.22. The number of nitrogens with one attached hydrogen (secondary N) is 1. The minimum atomic E-state index is 0.707. The number of anilines is 1. The number of hydrogen-bond donors (Lipinski definition) is 1. The Labute approximate surface area is 91.0 Å². The van der Waals surface area contributed by atoms with Gasteiger partial charge in [-0.15, -0.1) is 0 Å². The van der Waals surface area contributed by atoms with E-state index in [1.807, 2.05) is 6.20 Å². The summed E-state index contributed by atoms with van der Waals surface area (Å²) in [4.78, 5) is 6.38. The van der Waals surface area contributed by atoms with Gasteiger partial charge in [-0.3, -0.25) is 0 Å². The molecule has 0 aromatic carbocycles. The molecular formula is C10H20N4O. The predicted octanol–water partition coefficient (Wildman–Crippen LogP) is 0.503. The SMILES string of the molecule is COCCn1ccnc1NCCN(C)C. The van der Waals surface area contributed by atoms with E-state index in [0.29, 0.717) is 6.61 Å². The summed E-state index contributed by atoms with van der Waals surface area (Å²) in [6.45, 7) is 3.44. The van der Waals surface area contributed by atoms with Crippen LogP contribution in [0.5, 0.6) is 0 Å². The highest BCUT2D eigenvalue weighted by Gasteiger charge is 2.00. The average Bonchev–Trinajstić information content (AvgIpc) is 2.62. The number of likely N-dealkylation sites (N-methyl/N-ethyl adjacent to an activating group) is 1. The van der Waals surface area contributed by atoms with E-state index in [4.69, 9.17) is 4.74 Å². The first-order valence-corrected chi connectivity index (χ1v) is 5.12. The van der Waals surface area contributed by atoms with Gasteiger partial charge in [-0.05, 0) is 14.1 Å². The van der Waals surface area contributed by atoms with Crippen LogP contribution < -0.4 is 5.32 Å². The first-order valence-electron chi connectivity index (χ1n) is 5.12. The van der Waals surface area contributed by atoms with Gasteiger partial charge in [0.15, 0.2) is 0 Å². The van der Waals surface area contributed by atoms with Crippen LogP contribution in [0.25, 0.3) is 0 Å². The van der Waals surface area contributed by atoms with E-state index in [2.05, 4.69) is 33.9 Å². The molecule has 1 aromatic heterocycles. The summed E-state index contributed by atoms with van der Waals surface area (Å²) in [5, 5.41) is 3.29. The van der Waals surface area contributed by atoms with Crippen molar-refractivity contribution < 1.29 is 4.74 Å². The summed E-state index contributed by atoms with van der Waals surface area (Å²) in [6, 6.07) is 0. The first-order chi connectivity index (χ1) is 7.24. The Bertz CT molecular complexity index is 272. The van der Waals surface area contributed by atoms with Crippen LogP contribution in [0.3, 0.4) is 0 Å². The number of nitrogens with zero attached hydrogens (tertiary/aromatic N) is 3. The molecule has 0 bridgehead atoms. The van der Waals surface area contributed by atoms with Crippen molar-refractivity contribution in [1.29, 1.82) is 0 Å². The van der Waals surface area contributed by atoms with Crippen LogP contribution in [0.1, 0.15) is 0 Å². The van der Waals surface area contributed by atoms with Crippen LogP contribution in [0.15, 0.2) is 12.4 Å². The van der Waals surface area contributed by atoms with Crippen molar-refractivity contribution in [2.24, 2.45) is 0 Å². The standard InChI is InChI=1S/C10H20N4O/c1-13(2)6-4-11-10-12-5-7-14(10)8-9-15-3/h5,7H,4,6,8-9H2,1-3H3,(H,11,12). The van der Waals surface area contributed by atoms with E-state index in [0.717, 1.165) is 25.6 Å². The van der Waals surface area contributed by atoms with Crippen molar-refractivity contribution in [2.45, 2.75) is 6.54 Å². The number of imidazole rings is 1. The van der Waals surface area contributed by atoms with Crippen molar-refractivity contribution >= 4 is 5.95 Å². The van der Waals surface area contributed by atoms with Gasteiger partial charge in [0.05, 0.1) is 6.61 Å². The van der Waals surface area contributed by atoms with Crippen LogP contribution in [0, 0.1) is 0 Å². The normalized spacial score (nSPS) is 10.9. The molecule has 1 aromatic rings. The second-order valence-corrected chi connectivity index (χ2v) is 3.67. The highest BCUT2D eigenvalue weighted by molar-refractivity contribution is 5.25. The van der Waals surface area contributed by atoms with Crippen LogP contribution in [0.2, 0.25) is 0 Å². The van der Waals surface area contributed by atoms with Gasteiger partial charge in [-0.1, -0.05) is 0 Å². The van der Waals surface area contributed by atoms with Gasteiger partial charge in [-0.25, -0.2) is 4.98 Å². The number of aromatic nitrogens is 2. The maximum Gasteiger partial charge on any atom is 0.202 e. The highest BCUT2D eigenvalue weighted by Crippen LogP contribution is 2.03. The van der Waals surface area contributed by atoms with Crippen molar-refractivity contribution in [3.05, 3.63) is 12.4 Å². The first kappa shape index (κ1) is 12.0. The molecule has 0 saturated carbocycles. The second-order valence-electron chi connectivity index (χ2n) is 3.67. The Morgan fingerprint density at radius 1 is 1.53 bits per heavy atom. The van der Waals surface area contributed by atoms with Crippen molar-refractivity contribution in [2.75, 3.05) is 46.2 Å². The zero-order chi connectivity index (χ0) is 11.1. The van der Waals surface area contributed by atoms with E-state index < -0.39 is 0 Å². The molecule has 0 unspecified atom stereocenters. The van der Waals surface area contributed by atoms with Crippen molar-refractivity contribution in [1.82, 2.24) is 14.5 Å². The minimum Gasteiger partial charge on any atom is -0.383 e. The van der Waals surface area contributed by atoms with Crippen molar-refractivity contribution in [3.63, 3.8) is 0 Å². The minimum absolute atomic E-state index is 0.707. The van der Waals surface area contributed by atoms with E-state index >= 15 is 0 Å². The van der Waals surface area contributed by atoms with Crippen LogP contribution in [-0.4, -0.2) is 55.4 Å². The Balaban J connectivity index is 2.35. The molecule has 86 valence electrons. The summed E-state index contributed by atoms with van der Waals surface area (Å²) in [7, 11) is 5.81. The van der Waals surface area contributed by atoms with E-state index in [1.54, 1.807) is 13.3 Å². The quantitative estimate of drug-likeness (QED) is 0.715. The van der Waals surface area contributed by atoms with Crippen LogP contribution >= 0.6 is 0 Å². The third-order valence-electron chi connectivity index (χ3n) is 2.09. The molecule has 0 radical (unpaired) electrons. The monoisotopic (exact) mass is 212 g/mol. The van der Waals surface area contributed by atoms with Gasteiger partial charge in [0.1, 0.15) is 0 Å². The smallest absolute Gasteiger partial charge is 0.202 e. The van der Waals surface area contributed by atoms with Crippen LogP contribution in [-0.2, 0) is 11.3 Å². The summed E-state index contributed by atoms with van der Waals surface area (Å²) in [6.07, 6.45) is 3.75. The molecule has 5 nitrogen and oxygen atoms in total. The fourth-order valence-electron chi connectivity index (χ4n) is 1.24. The molecule has 1 heterocycles. The Hall–Kier alpha value is -1.07. The van der Waals surface area contributed by atoms with Gasteiger partial charge in [-0.2, -0.15) is 0 Å². The fraction of sp³-hybridized carbons (Fsp3) is 0.700. The summed E-state index contributed by atoms with van der Waals surface area (Å²) in [5.74, 6) is 0.911. The molecule has 1 N–H and O–H groups in total. The largest absolute Gasteiger partial charge is 0.383 e. The number of methoxy groups -OCH3 is 1. The van der Waals surface area contributed by atoms with Crippen LogP contribution in [0.4, 0.5) is 5.95 Å². The van der Waals surface area contributed by atoms with Gasteiger partial charge < -0.3 is 19.5 Å². The topological polar surface area (TPSA) is 42.3 Å². The van der Waals surface area contributed by atoms with Gasteiger partial charge in [0.25, 0.3) is 0 Å². The second kappa shape index (κ2) is 6.42. The van der Waals surface area contributed by atoms with E-state index in [-0.39, 0.29) is 0 Å². The zero-order valence-electron chi connectivity index (χ0n) is 9.73. The molecule has 0 fully saturated rings. The number of ether oxygens (including phenoxy) is 1. The molecular weight excluding hydrogens is 192 g/mol. The van der Waals surface area contributed by atoms with Gasteiger partial charge in [0, 0.05) is 39.1 Å².